The summed E-state index contributed by atoms with van der Waals surface area (Å²) in [5.74, 6) is 0.764. The highest BCUT2D eigenvalue weighted by Gasteiger charge is 1.99. The van der Waals surface area contributed by atoms with E-state index >= 15 is 0 Å². The van der Waals surface area contributed by atoms with Gasteiger partial charge >= 0.3 is 0 Å². The van der Waals surface area contributed by atoms with Crippen molar-refractivity contribution in [2.24, 2.45) is 0 Å². The van der Waals surface area contributed by atoms with Gasteiger partial charge in [-0.1, -0.05) is 0 Å². The molecule has 0 unspecified atom stereocenters. The Morgan fingerprint density at radius 2 is 2.17 bits per heavy atom. The van der Waals surface area contributed by atoms with Crippen LogP contribution in [0.15, 0.2) is 24.7 Å². The minimum absolute atomic E-state index is 0.764. The van der Waals surface area contributed by atoms with E-state index in [0.29, 0.717) is 0 Å². The predicted molar refractivity (Wildman–Crippen MR) is 46.9 cm³/mol. The lowest BCUT2D eigenvalue weighted by Crippen LogP contribution is -1.95. The fourth-order valence-electron chi connectivity index (χ4n) is 1.08. The fraction of sp³-hybridized carbons (Fsp3) is 0.125. The average molecular weight is 160 g/mol. The lowest BCUT2D eigenvalue weighted by Gasteiger charge is -2.00. The number of hydrogen-bond donors (Lipinski definition) is 1. The molecule has 0 aliphatic rings. The largest absolute Gasteiger partial charge is 0.371 e. The Morgan fingerprint density at radius 1 is 1.25 bits per heavy atom. The molecule has 0 saturated carbocycles. The number of pyridine rings is 1. The highest BCUT2D eigenvalue weighted by Crippen LogP contribution is 2.13. The molecule has 60 valence electrons. The molecule has 4 heteroatoms. The quantitative estimate of drug-likeness (QED) is 0.677. The topological polar surface area (TPSA) is 50.7 Å². The first kappa shape index (κ1) is 6.97. The summed E-state index contributed by atoms with van der Waals surface area (Å²) in [6.45, 7) is 0. The van der Waals surface area contributed by atoms with E-state index in [2.05, 4.69) is 20.3 Å². The number of nitrogens with zero attached hydrogens (tertiary/aromatic N) is 3. The van der Waals surface area contributed by atoms with E-state index < -0.39 is 0 Å². The highest BCUT2D eigenvalue weighted by atomic mass is 15.0. The van der Waals surface area contributed by atoms with Crippen molar-refractivity contribution in [3.63, 3.8) is 0 Å². The van der Waals surface area contributed by atoms with Crippen LogP contribution in [0.4, 0.5) is 5.82 Å². The second kappa shape index (κ2) is 2.73. The smallest absolute Gasteiger partial charge is 0.155 e. The fourth-order valence-corrected chi connectivity index (χ4v) is 1.08. The van der Waals surface area contributed by atoms with Gasteiger partial charge in [-0.25, -0.2) is 9.97 Å². The van der Waals surface area contributed by atoms with Gasteiger partial charge in [-0.05, 0) is 12.1 Å². The molecule has 1 N–H and O–H groups in total. The molecule has 2 rings (SSSR count). The van der Waals surface area contributed by atoms with Crippen molar-refractivity contribution in [2.75, 3.05) is 12.4 Å². The van der Waals surface area contributed by atoms with E-state index in [1.807, 2.05) is 19.2 Å². The van der Waals surface area contributed by atoms with Crippen LogP contribution < -0.4 is 5.32 Å². The first-order valence-electron chi connectivity index (χ1n) is 3.65. The SMILES string of the molecule is CNc1ncnc2cccnc12. The molecule has 0 fully saturated rings. The average Bonchev–Trinajstić information content (AvgIpc) is 2.17. The molecule has 2 aromatic heterocycles. The van der Waals surface area contributed by atoms with E-state index in [0.717, 1.165) is 16.9 Å². The van der Waals surface area contributed by atoms with Gasteiger partial charge in [0.25, 0.3) is 0 Å². The van der Waals surface area contributed by atoms with Gasteiger partial charge in [0.1, 0.15) is 11.8 Å². The summed E-state index contributed by atoms with van der Waals surface area (Å²) in [6, 6.07) is 3.76. The molecule has 2 heterocycles. The molecule has 0 spiro atoms. The molecule has 0 aliphatic heterocycles. The minimum Gasteiger partial charge on any atom is -0.371 e. The van der Waals surface area contributed by atoms with E-state index in [1.54, 1.807) is 6.20 Å². The summed E-state index contributed by atoms with van der Waals surface area (Å²) < 4.78 is 0. The maximum atomic E-state index is 4.16. The van der Waals surface area contributed by atoms with Crippen molar-refractivity contribution in [3.8, 4) is 0 Å². The Kier molecular flexibility index (Phi) is 1.59. The third-order valence-electron chi connectivity index (χ3n) is 1.63. The Bertz CT molecular complexity index is 394. The van der Waals surface area contributed by atoms with Gasteiger partial charge in [0.05, 0.1) is 5.52 Å². The zero-order chi connectivity index (χ0) is 8.39. The van der Waals surface area contributed by atoms with Crippen molar-refractivity contribution in [3.05, 3.63) is 24.7 Å². The van der Waals surface area contributed by atoms with Crippen molar-refractivity contribution in [1.29, 1.82) is 0 Å². The first-order chi connectivity index (χ1) is 5.92. The molecule has 0 amide bonds. The summed E-state index contributed by atoms with van der Waals surface area (Å²) in [5.41, 5.74) is 1.67. The Balaban J connectivity index is 2.79. The van der Waals surface area contributed by atoms with Gasteiger partial charge in [0.15, 0.2) is 5.82 Å². The maximum Gasteiger partial charge on any atom is 0.155 e. The molecule has 0 aromatic carbocycles. The van der Waals surface area contributed by atoms with Crippen LogP contribution in [0.3, 0.4) is 0 Å². The van der Waals surface area contributed by atoms with Gasteiger partial charge in [-0.3, -0.25) is 4.98 Å². The van der Waals surface area contributed by atoms with E-state index in [9.17, 15) is 0 Å². The first-order valence-corrected chi connectivity index (χ1v) is 3.65. The van der Waals surface area contributed by atoms with Crippen LogP contribution in [-0.2, 0) is 0 Å². The zero-order valence-electron chi connectivity index (χ0n) is 6.65. The number of nitrogens with one attached hydrogen (secondary N) is 1. The Hall–Kier alpha value is -1.71. The van der Waals surface area contributed by atoms with E-state index in [1.165, 1.54) is 6.33 Å². The molecule has 0 bridgehead atoms. The van der Waals surface area contributed by atoms with Crippen LogP contribution >= 0.6 is 0 Å². The second-order valence-electron chi connectivity index (χ2n) is 2.34. The summed E-state index contributed by atoms with van der Waals surface area (Å²) in [5, 5.41) is 2.96. The molecule has 2 aromatic rings. The Labute approximate surface area is 69.7 Å². The zero-order valence-corrected chi connectivity index (χ0v) is 6.65. The summed E-state index contributed by atoms with van der Waals surface area (Å²) in [6.07, 6.45) is 3.25. The molecule has 0 aliphatic carbocycles. The molecule has 0 atom stereocenters. The van der Waals surface area contributed by atoms with E-state index in [4.69, 9.17) is 0 Å². The molecule has 4 nitrogen and oxygen atoms in total. The maximum absolute atomic E-state index is 4.16. The van der Waals surface area contributed by atoms with Gasteiger partial charge in [0, 0.05) is 13.2 Å². The van der Waals surface area contributed by atoms with Crippen LogP contribution in [0.5, 0.6) is 0 Å². The van der Waals surface area contributed by atoms with Crippen molar-refractivity contribution in [1.82, 2.24) is 15.0 Å². The lowest BCUT2D eigenvalue weighted by atomic mass is 10.3. The van der Waals surface area contributed by atoms with Gasteiger partial charge < -0.3 is 5.32 Å². The molecular weight excluding hydrogens is 152 g/mol. The van der Waals surface area contributed by atoms with Crippen LogP contribution in [0.1, 0.15) is 0 Å². The summed E-state index contributed by atoms with van der Waals surface area (Å²) >= 11 is 0. The van der Waals surface area contributed by atoms with Crippen LogP contribution in [0, 0.1) is 0 Å². The monoisotopic (exact) mass is 160 g/mol. The number of fused-ring (bicyclic) bond motifs is 1. The van der Waals surface area contributed by atoms with Crippen molar-refractivity contribution >= 4 is 16.9 Å². The molecule has 12 heavy (non-hydrogen) atoms. The number of anilines is 1. The van der Waals surface area contributed by atoms with Crippen LogP contribution in [0.2, 0.25) is 0 Å². The summed E-state index contributed by atoms with van der Waals surface area (Å²) in [7, 11) is 1.82. The third-order valence-corrected chi connectivity index (χ3v) is 1.63. The third kappa shape index (κ3) is 0.972. The molecule has 0 radical (unpaired) electrons. The van der Waals surface area contributed by atoms with Gasteiger partial charge in [0.2, 0.25) is 0 Å². The highest BCUT2D eigenvalue weighted by molar-refractivity contribution is 5.84. The molecule has 0 saturated heterocycles. The second-order valence-corrected chi connectivity index (χ2v) is 2.34. The predicted octanol–water partition coefficient (Wildman–Crippen LogP) is 1.07. The normalized spacial score (nSPS) is 10.1. The number of rotatable bonds is 1. The van der Waals surface area contributed by atoms with Crippen LogP contribution in [0.25, 0.3) is 11.0 Å². The Morgan fingerprint density at radius 3 is 3.00 bits per heavy atom. The van der Waals surface area contributed by atoms with Crippen molar-refractivity contribution in [2.45, 2.75) is 0 Å². The number of aromatic nitrogens is 3. The minimum atomic E-state index is 0.764. The van der Waals surface area contributed by atoms with E-state index in [-0.39, 0.29) is 0 Å². The van der Waals surface area contributed by atoms with Crippen molar-refractivity contribution < 1.29 is 0 Å². The van der Waals surface area contributed by atoms with Gasteiger partial charge in [-0.15, -0.1) is 0 Å². The molecular formula is C8H8N4. The number of hydrogen-bond acceptors (Lipinski definition) is 4. The van der Waals surface area contributed by atoms with Crippen LogP contribution in [-0.4, -0.2) is 22.0 Å². The lowest BCUT2D eigenvalue weighted by molar-refractivity contribution is 1.19. The standard InChI is InChI=1S/C8H8N4/c1-9-8-7-6(11-5-12-8)3-2-4-10-7/h2-5H,1H3,(H,9,11,12). The summed E-state index contributed by atoms with van der Waals surface area (Å²) in [4.78, 5) is 12.3. The van der Waals surface area contributed by atoms with Gasteiger partial charge in [-0.2, -0.15) is 0 Å².